The Labute approximate surface area is 191 Å². The number of aliphatic imine (C=N–C) groups is 1. The number of aryl methyl sites for hydroxylation is 1. The largest absolute Gasteiger partial charge is 0.493 e. The number of ether oxygens (including phenoxy) is 3. The zero-order valence-electron chi connectivity index (χ0n) is 18.0. The summed E-state index contributed by atoms with van der Waals surface area (Å²) in [5.41, 5.74) is 3.25. The van der Waals surface area contributed by atoms with Crippen LogP contribution in [0, 0.1) is 6.92 Å². The molecule has 0 aliphatic carbocycles. The van der Waals surface area contributed by atoms with Gasteiger partial charge in [0.25, 0.3) is 0 Å². The van der Waals surface area contributed by atoms with Crippen molar-refractivity contribution in [3.63, 3.8) is 0 Å². The molecule has 29 heavy (non-hydrogen) atoms. The van der Waals surface area contributed by atoms with E-state index in [1.807, 2.05) is 32.0 Å². The van der Waals surface area contributed by atoms with E-state index in [-0.39, 0.29) is 30.1 Å². The number of halogens is 1. The number of rotatable bonds is 8. The van der Waals surface area contributed by atoms with E-state index < -0.39 is 0 Å². The lowest BCUT2D eigenvalue weighted by Gasteiger charge is -2.18. The van der Waals surface area contributed by atoms with Crippen LogP contribution in [0.25, 0.3) is 0 Å². The molecule has 0 bridgehead atoms. The van der Waals surface area contributed by atoms with Gasteiger partial charge >= 0.3 is 0 Å². The third-order valence-electron chi connectivity index (χ3n) is 4.19. The van der Waals surface area contributed by atoms with E-state index in [0.29, 0.717) is 24.8 Å². The molecule has 7 heteroatoms. The second-order valence-electron chi connectivity index (χ2n) is 6.71. The summed E-state index contributed by atoms with van der Waals surface area (Å²) < 4.78 is 16.8. The number of guanidine groups is 1. The van der Waals surface area contributed by atoms with Crippen LogP contribution in [0.2, 0.25) is 0 Å². The Morgan fingerprint density at radius 1 is 0.966 bits per heavy atom. The average molecular weight is 513 g/mol. The number of nitrogens with one attached hydrogen (secondary N) is 2. The minimum atomic E-state index is 0. The van der Waals surface area contributed by atoms with Crippen molar-refractivity contribution in [2.75, 3.05) is 21.3 Å². The zero-order valence-corrected chi connectivity index (χ0v) is 20.4. The molecule has 0 atom stereocenters. The molecule has 0 radical (unpaired) electrons. The molecule has 0 unspecified atom stereocenters. The van der Waals surface area contributed by atoms with Gasteiger partial charge in [0, 0.05) is 31.3 Å². The van der Waals surface area contributed by atoms with Crippen LogP contribution in [0.5, 0.6) is 17.2 Å². The molecular formula is C22H32IN3O3. The summed E-state index contributed by atoms with van der Waals surface area (Å²) in [6.45, 7) is 7.29. The highest BCUT2D eigenvalue weighted by Gasteiger charge is 2.11. The first-order chi connectivity index (χ1) is 13.5. The van der Waals surface area contributed by atoms with Gasteiger partial charge in [-0.15, -0.1) is 24.0 Å². The van der Waals surface area contributed by atoms with Crippen LogP contribution in [0.3, 0.4) is 0 Å². The van der Waals surface area contributed by atoms with Gasteiger partial charge < -0.3 is 24.8 Å². The molecule has 2 rings (SSSR count). The molecule has 0 saturated heterocycles. The van der Waals surface area contributed by atoms with E-state index in [0.717, 1.165) is 22.6 Å². The molecule has 160 valence electrons. The molecule has 0 aromatic heterocycles. The van der Waals surface area contributed by atoms with Crippen molar-refractivity contribution in [3.8, 4) is 17.2 Å². The smallest absolute Gasteiger partial charge is 0.191 e. The molecule has 0 amide bonds. The number of nitrogens with zero attached hydrogens (tertiary/aromatic N) is 1. The molecule has 0 spiro atoms. The van der Waals surface area contributed by atoms with Crippen LogP contribution < -0.4 is 24.8 Å². The van der Waals surface area contributed by atoms with Gasteiger partial charge in [0.15, 0.2) is 17.5 Å². The van der Waals surface area contributed by atoms with Gasteiger partial charge in [-0.2, -0.15) is 0 Å². The predicted octanol–water partition coefficient (Wildman–Crippen LogP) is 4.28. The maximum absolute atomic E-state index is 5.95. The summed E-state index contributed by atoms with van der Waals surface area (Å²) >= 11 is 0. The lowest BCUT2D eigenvalue weighted by atomic mass is 10.1. The Kier molecular flexibility index (Phi) is 10.6. The zero-order chi connectivity index (χ0) is 20.5. The van der Waals surface area contributed by atoms with Crippen molar-refractivity contribution in [3.05, 3.63) is 53.1 Å². The fourth-order valence-electron chi connectivity index (χ4n) is 2.84. The van der Waals surface area contributed by atoms with Crippen molar-refractivity contribution < 1.29 is 14.2 Å². The van der Waals surface area contributed by atoms with Crippen molar-refractivity contribution in [2.24, 2.45) is 4.99 Å². The predicted molar refractivity (Wildman–Crippen MR) is 129 cm³/mol. The fourth-order valence-corrected chi connectivity index (χ4v) is 2.84. The molecule has 2 N–H and O–H groups in total. The Morgan fingerprint density at radius 3 is 2.24 bits per heavy atom. The average Bonchev–Trinajstić information content (AvgIpc) is 2.68. The Balaban J connectivity index is 0.00000420. The maximum atomic E-state index is 5.95. The summed E-state index contributed by atoms with van der Waals surface area (Å²) in [7, 11) is 5.02. The number of benzene rings is 2. The number of hydrogen-bond acceptors (Lipinski definition) is 4. The molecule has 2 aromatic rings. The van der Waals surface area contributed by atoms with E-state index in [4.69, 9.17) is 14.2 Å². The summed E-state index contributed by atoms with van der Waals surface area (Å²) in [4.78, 5) is 4.31. The molecule has 0 heterocycles. The first-order valence-electron chi connectivity index (χ1n) is 9.39. The Morgan fingerprint density at radius 2 is 1.66 bits per heavy atom. The molecule has 6 nitrogen and oxygen atoms in total. The number of para-hydroxylation sites is 1. The van der Waals surface area contributed by atoms with E-state index in [1.165, 1.54) is 5.56 Å². The highest BCUT2D eigenvalue weighted by Crippen LogP contribution is 2.30. The molecule has 0 aliphatic heterocycles. The van der Waals surface area contributed by atoms with Crippen LogP contribution >= 0.6 is 24.0 Å². The quantitative estimate of drug-likeness (QED) is 0.314. The normalized spacial score (nSPS) is 10.9. The third kappa shape index (κ3) is 7.30. The lowest BCUT2D eigenvalue weighted by molar-refractivity contribution is 0.239. The molecule has 0 fully saturated rings. The molecule has 2 aromatic carbocycles. The third-order valence-corrected chi connectivity index (χ3v) is 4.19. The summed E-state index contributed by atoms with van der Waals surface area (Å²) in [5.74, 6) is 3.02. The van der Waals surface area contributed by atoms with Crippen LogP contribution in [-0.2, 0) is 13.1 Å². The van der Waals surface area contributed by atoms with Crippen LogP contribution in [0.1, 0.15) is 30.5 Å². The van der Waals surface area contributed by atoms with Gasteiger partial charge in [0.1, 0.15) is 5.75 Å². The maximum Gasteiger partial charge on any atom is 0.191 e. The Bertz CT molecular complexity index is 810. The fraction of sp³-hybridized carbons (Fsp3) is 0.409. The van der Waals surface area contributed by atoms with Crippen LogP contribution in [-0.4, -0.2) is 33.3 Å². The lowest BCUT2D eigenvalue weighted by Crippen LogP contribution is -2.36. The second-order valence-corrected chi connectivity index (χ2v) is 6.71. The van der Waals surface area contributed by atoms with Crippen molar-refractivity contribution in [1.82, 2.24) is 10.6 Å². The second kappa shape index (κ2) is 12.4. The van der Waals surface area contributed by atoms with Crippen molar-refractivity contribution >= 4 is 29.9 Å². The molecular weight excluding hydrogens is 481 g/mol. The first-order valence-corrected chi connectivity index (χ1v) is 9.39. The van der Waals surface area contributed by atoms with Gasteiger partial charge in [-0.05, 0) is 38.5 Å². The highest BCUT2D eigenvalue weighted by molar-refractivity contribution is 14.0. The van der Waals surface area contributed by atoms with Crippen LogP contribution in [0.4, 0.5) is 0 Å². The van der Waals surface area contributed by atoms with Gasteiger partial charge in [-0.1, -0.05) is 24.3 Å². The monoisotopic (exact) mass is 513 g/mol. The topological polar surface area (TPSA) is 64.1 Å². The SMILES string of the molecule is CN=C(NCc1ccc(C)cc1OC(C)C)NCc1cccc(OC)c1OC.I. The Hall–Kier alpha value is -2.16. The van der Waals surface area contributed by atoms with Gasteiger partial charge in [-0.3, -0.25) is 4.99 Å². The number of hydrogen-bond donors (Lipinski definition) is 2. The highest BCUT2D eigenvalue weighted by atomic mass is 127. The summed E-state index contributed by atoms with van der Waals surface area (Å²) in [6, 6.07) is 12.0. The number of methoxy groups -OCH3 is 2. The van der Waals surface area contributed by atoms with Crippen molar-refractivity contribution in [2.45, 2.75) is 40.0 Å². The van der Waals surface area contributed by atoms with E-state index in [2.05, 4.69) is 40.7 Å². The molecule has 0 saturated carbocycles. The first kappa shape index (κ1) is 24.9. The standard InChI is InChI=1S/C22H31N3O3.HI/c1-15(2)28-20-12-16(3)10-11-17(20)13-24-22(23-4)25-14-18-8-7-9-19(26-5)21(18)27-6;/h7-12,15H,13-14H2,1-6H3,(H2,23,24,25);1H. The van der Waals surface area contributed by atoms with E-state index in [9.17, 15) is 0 Å². The summed E-state index contributed by atoms with van der Waals surface area (Å²) in [6.07, 6.45) is 0.124. The minimum Gasteiger partial charge on any atom is -0.493 e. The summed E-state index contributed by atoms with van der Waals surface area (Å²) in [5, 5.41) is 6.66. The van der Waals surface area contributed by atoms with E-state index in [1.54, 1.807) is 21.3 Å². The van der Waals surface area contributed by atoms with Gasteiger partial charge in [0.05, 0.1) is 20.3 Å². The molecule has 0 aliphatic rings. The van der Waals surface area contributed by atoms with E-state index >= 15 is 0 Å². The van der Waals surface area contributed by atoms with Gasteiger partial charge in [0.2, 0.25) is 0 Å². The minimum absolute atomic E-state index is 0. The van der Waals surface area contributed by atoms with Gasteiger partial charge in [-0.25, -0.2) is 0 Å². The van der Waals surface area contributed by atoms with Crippen LogP contribution in [0.15, 0.2) is 41.4 Å². The van der Waals surface area contributed by atoms with Crippen molar-refractivity contribution in [1.29, 1.82) is 0 Å².